The molecule has 0 saturated carbocycles. The van der Waals surface area contributed by atoms with Crippen LogP contribution in [0.1, 0.15) is 34.6 Å². The van der Waals surface area contributed by atoms with E-state index < -0.39 is 6.10 Å². The van der Waals surface area contributed by atoms with Crippen LogP contribution >= 0.6 is 0 Å². The zero-order chi connectivity index (χ0) is 13.8. The predicted octanol–water partition coefficient (Wildman–Crippen LogP) is 2.19. The molecule has 1 aromatic heterocycles. The number of hydrogen-bond acceptors (Lipinski definition) is 4. The molecule has 0 aliphatic rings. The van der Waals surface area contributed by atoms with Crippen LogP contribution in [-0.4, -0.2) is 22.3 Å². The minimum absolute atomic E-state index is 0.0626. The molecule has 98 valence electrons. The average molecular weight is 259 g/mol. The number of aromatic nitrogens is 1. The van der Waals surface area contributed by atoms with Gasteiger partial charge in [0.1, 0.15) is 11.9 Å². The first-order chi connectivity index (χ1) is 9.13. The van der Waals surface area contributed by atoms with E-state index in [1.165, 1.54) is 12.3 Å². The molecule has 5 nitrogen and oxygen atoms in total. The second-order valence-electron chi connectivity index (χ2n) is 4.06. The SMILES string of the molecule is CC(OC=O)c1cc(C(=O)c2ccccc2O)c[nH]1. The maximum absolute atomic E-state index is 12.2. The third-order valence-electron chi connectivity index (χ3n) is 2.81. The maximum Gasteiger partial charge on any atom is 0.293 e. The molecular formula is C14H13NO4. The van der Waals surface area contributed by atoms with Crippen LogP contribution in [0.4, 0.5) is 0 Å². The number of ether oxygens (including phenoxy) is 1. The molecule has 2 N–H and O–H groups in total. The number of carbonyl (C=O) groups is 2. The highest BCUT2D eigenvalue weighted by atomic mass is 16.5. The standard InChI is InChI=1S/C14H13NO4/c1-9(19-8-16)12-6-10(7-15-12)14(18)11-4-2-3-5-13(11)17/h2-9,15,17H,1H3. The van der Waals surface area contributed by atoms with Gasteiger partial charge >= 0.3 is 0 Å². The third kappa shape index (κ3) is 2.65. The number of H-pyrrole nitrogens is 1. The molecule has 2 rings (SSSR count). The smallest absolute Gasteiger partial charge is 0.293 e. The van der Waals surface area contributed by atoms with Gasteiger partial charge < -0.3 is 14.8 Å². The summed E-state index contributed by atoms with van der Waals surface area (Å²) in [6.07, 6.45) is 1.07. The highest BCUT2D eigenvalue weighted by Crippen LogP contribution is 2.22. The third-order valence-corrected chi connectivity index (χ3v) is 2.81. The number of para-hydroxylation sites is 1. The molecule has 0 saturated heterocycles. The van der Waals surface area contributed by atoms with Crippen LogP contribution in [0.5, 0.6) is 5.75 Å². The highest BCUT2D eigenvalue weighted by Gasteiger charge is 2.16. The van der Waals surface area contributed by atoms with Crippen molar-refractivity contribution in [3.8, 4) is 5.75 Å². The van der Waals surface area contributed by atoms with Crippen molar-refractivity contribution in [2.24, 2.45) is 0 Å². The molecule has 1 atom stereocenters. The average Bonchev–Trinajstić information content (AvgIpc) is 2.88. The molecule has 0 spiro atoms. The van der Waals surface area contributed by atoms with Gasteiger partial charge in [0.05, 0.1) is 11.3 Å². The summed E-state index contributed by atoms with van der Waals surface area (Å²) >= 11 is 0. The van der Waals surface area contributed by atoms with Gasteiger partial charge in [-0.25, -0.2) is 0 Å². The number of phenols is 1. The first-order valence-electron chi connectivity index (χ1n) is 5.73. The number of ketones is 1. The fourth-order valence-electron chi connectivity index (χ4n) is 1.76. The van der Waals surface area contributed by atoms with Gasteiger partial charge in [-0.2, -0.15) is 0 Å². The van der Waals surface area contributed by atoms with Gasteiger partial charge in [0, 0.05) is 11.8 Å². The maximum atomic E-state index is 12.2. The number of rotatable bonds is 5. The van der Waals surface area contributed by atoms with E-state index in [0.29, 0.717) is 17.7 Å². The minimum Gasteiger partial charge on any atom is -0.507 e. The van der Waals surface area contributed by atoms with Crippen LogP contribution in [0.3, 0.4) is 0 Å². The molecule has 0 radical (unpaired) electrons. The van der Waals surface area contributed by atoms with E-state index in [1.54, 1.807) is 31.2 Å². The van der Waals surface area contributed by atoms with E-state index in [4.69, 9.17) is 4.74 Å². The van der Waals surface area contributed by atoms with E-state index in [1.807, 2.05) is 0 Å². The number of aromatic hydroxyl groups is 1. The Bertz CT molecular complexity index is 603. The number of nitrogens with one attached hydrogen (secondary N) is 1. The predicted molar refractivity (Wildman–Crippen MR) is 67.9 cm³/mol. The van der Waals surface area contributed by atoms with Crippen molar-refractivity contribution in [1.82, 2.24) is 4.98 Å². The normalized spacial score (nSPS) is 11.8. The number of hydrogen-bond donors (Lipinski definition) is 2. The second kappa shape index (κ2) is 5.39. The van der Waals surface area contributed by atoms with E-state index in [-0.39, 0.29) is 17.1 Å². The van der Waals surface area contributed by atoms with Crippen LogP contribution in [-0.2, 0) is 9.53 Å². The highest BCUT2D eigenvalue weighted by molar-refractivity contribution is 6.10. The van der Waals surface area contributed by atoms with Crippen molar-refractivity contribution in [3.05, 3.63) is 53.3 Å². The van der Waals surface area contributed by atoms with Crippen LogP contribution in [0.2, 0.25) is 0 Å². The molecule has 1 heterocycles. The lowest BCUT2D eigenvalue weighted by molar-refractivity contribution is -0.133. The van der Waals surface area contributed by atoms with Crippen molar-refractivity contribution in [2.75, 3.05) is 0 Å². The zero-order valence-corrected chi connectivity index (χ0v) is 10.3. The van der Waals surface area contributed by atoms with E-state index in [9.17, 15) is 14.7 Å². The summed E-state index contributed by atoms with van der Waals surface area (Å²) < 4.78 is 4.78. The Morgan fingerprint density at radius 1 is 1.42 bits per heavy atom. The lowest BCUT2D eigenvalue weighted by Crippen LogP contribution is -2.00. The molecule has 1 unspecified atom stereocenters. The van der Waals surface area contributed by atoms with Gasteiger partial charge in [0.25, 0.3) is 6.47 Å². The Balaban J connectivity index is 2.26. The Morgan fingerprint density at radius 3 is 2.84 bits per heavy atom. The summed E-state index contributed by atoms with van der Waals surface area (Å²) in [6.45, 7) is 2.05. The van der Waals surface area contributed by atoms with Gasteiger partial charge in [0.2, 0.25) is 0 Å². The molecule has 0 fully saturated rings. The summed E-state index contributed by atoms with van der Waals surface area (Å²) in [5.74, 6) is -0.355. The topological polar surface area (TPSA) is 79.4 Å². The van der Waals surface area contributed by atoms with Crippen molar-refractivity contribution in [2.45, 2.75) is 13.0 Å². The summed E-state index contributed by atoms with van der Waals surface area (Å²) in [5, 5.41) is 9.64. The van der Waals surface area contributed by atoms with E-state index in [0.717, 1.165) is 0 Å². The first kappa shape index (κ1) is 12.9. The molecule has 1 aromatic carbocycles. The minimum atomic E-state index is -0.455. The quantitative estimate of drug-likeness (QED) is 0.637. The lowest BCUT2D eigenvalue weighted by atomic mass is 10.0. The number of benzene rings is 1. The Hall–Kier alpha value is -2.56. The van der Waals surface area contributed by atoms with Gasteiger partial charge in [0.15, 0.2) is 5.78 Å². The van der Waals surface area contributed by atoms with E-state index in [2.05, 4.69) is 4.98 Å². The largest absolute Gasteiger partial charge is 0.507 e. The fourth-order valence-corrected chi connectivity index (χ4v) is 1.76. The van der Waals surface area contributed by atoms with Crippen LogP contribution in [0.15, 0.2) is 36.5 Å². The number of phenolic OH excluding ortho intramolecular Hbond substituents is 1. The van der Waals surface area contributed by atoms with Crippen molar-refractivity contribution in [3.63, 3.8) is 0 Å². The Kier molecular flexibility index (Phi) is 3.66. The first-order valence-corrected chi connectivity index (χ1v) is 5.73. The van der Waals surface area contributed by atoms with Crippen molar-refractivity contribution >= 4 is 12.3 Å². The van der Waals surface area contributed by atoms with Gasteiger partial charge in [-0.05, 0) is 25.1 Å². The molecule has 19 heavy (non-hydrogen) atoms. The summed E-state index contributed by atoms with van der Waals surface area (Å²) in [7, 11) is 0. The number of aromatic amines is 1. The molecular weight excluding hydrogens is 246 g/mol. The number of carbonyl (C=O) groups excluding carboxylic acids is 2. The molecule has 5 heteroatoms. The monoisotopic (exact) mass is 259 g/mol. The zero-order valence-electron chi connectivity index (χ0n) is 10.3. The van der Waals surface area contributed by atoms with Crippen LogP contribution in [0.25, 0.3) is 0 Å². The van der Waals surface area contributed by atoms with Gasteiger partial charge in [-0.1, -0.05) is 12.1 Å². The van der Waals surface area contributed by atoms with Crippen molar-refractivity contribution < 1.29 is 19.4 Å². The van der Waals surface area contributed by atoms with E-state index >= 15 is 0 Å². The molecule has 0 bridgehead atoms. The Morgan fingerprint density at radius 2 is 2.16 bits per heavy atom. The summed E-state index contributed by atoms with van der Waals surface area (Å²) in [4.78, 5) is 25.3. The molecule has 0 amide bonds. The molecule has 0 aliphatic heterocycles. The summed E-state index contributed by atoms with van der Waals surface area (Å²) in [5.41, 5.74) is 1.25. The Labute approximate surface area is 109 Å². The van der Waals surface area contributed by atoms with Gasteiger partial charge in [-0.15, -0.1) is 0 Å². The van der Waals surface area contributed by atoms with Crippen LogP contribution < -0.4 is 0 Å². The fraction of sp³-hybridized carbons (Fsp3) is 0.143. The molecule has 2 aromatic rings. The van der Waals surface area contributed by atoms with Crippen molar-refractivity contribution in [1.29, 1.82) is 0 Å². The lowest BCUT2D eigenvalue weighted by Gasteiger charge is -2.05. The summed E-state index contributed by atoms with van der Waals surface area (Å²) in [6, 6.07) is 7.94. The second-order valence-corrected chi connectivity index (χ2v) is 4.06. The molecule has 0 aliphatic carbocycles. The van der Waals surface area contributed by atoms with Crippen LogP contribution in [0, 0.1) is 0 Å². The van der Waals surface area contributed by atoms with Gasteiger partial charge in [-0.3, -0.25) is 9.59 Å².